The standard InChI is InChI=1S/C11H15N3O2/c1-2-16-10-4-3-8(7-13-10)14-6-5-9(12)11(14)15/h3-4,7,9H,2,5-6,12H2,1H3. The Morgan fingerprint density at radius 1 is 1.62 bits per heavy atom. The number of pyridine rings is 1. The van der Waals surface area contributed by atoms with Crippen LogP contribution in [0.2, 0.25) is 0 Å². The highest BCUT2D eigenvalue weighted by atomic mass is 16.5. The van der Waals surface area contributed by atoms with E-state index in [-0.39, 0.29) is 11.9 Å². The van der Waals surface area contributed by atoms with Gasteiger partial charge in [-0.25, -0.2) is 4.98 Å². The number of rotatable bonds is 3. The van der Waals surface area contributed by atoms with E-state index in [9.17, 15) is 4.79 Å². The molecule has 0 aromatic carbocycles. The second-order valence-corrected chi connectivity index (χ2v) is 3.67. The Labute approximate surface area is 94.2 Å². The van der Waals surface area contributed by atoms with Crippen molar-refractivity contribution in [2.45, 2.75) is 19.4 Å². The molecule has 5 heteroatoms. The van der Waals surface area contributed by atoms with Crippen molar-refractivity contribution in [1.29, 1.82) is 0 Å². The van der Waals surface area contributed by atoms with Crippen LogP contribution in [0.4, 0.5) is 5.69 Å². The minimum Gasteiger partial charge on any atom is -0.478 e. The van der Waals surface area contributed by atoms with E-state index in [2.05, 4.69) is 4.98 Å². The summed E-state index contributed by atoms with van der Waals surface area (Å²) in [5.74, 6) is 0.535. The molecule has 0 aliphatic carbocycles. The molecule has 0 radical (unpaired) electrons. The summed E-state index contributed by atoms with van der Waals surface area (Å²) < 4.78 is 5.23. The first kappa shape index (κ1) is 10.9. The quantitative estimate of drug-likeness (QED) is 0.809. The third-order valence-electron chi connectivity index (χ3n) is 2.57. The van der Waals surface area contributed by atoms with Gasteiger partial charge in [0.15, 0.2) is 0 Å². The number of anilines is 1. The van der Waals surface area contributed by atoms with Crippen molar-refractivity contribution in [1.82, 2.24) is 4.98 Å². The molecule has 0 bridgehead atoms. The molecule has 1 aliphatic heterocycles. The summed E-state index contributed by atoms with van der Waals surface area (Å²) in [5, 5.41) is 0. The molecule has 0 spiro atoms. The van der Waals surface area contributed by atoms with Gasteiger partial charge >= 0.3 is 0 Å². The molecular formula is C11H15N3O2. The first-order chi connectivity index (χ1) is 7.72. The first-order valence-electron chi connectivity index (χ1n) is 5.38. The van der Waals surface area contributed by atoms with E-state index in [0.717, 1.165) is 5.69 Å². The van der Waals surface area contributed by atoms with Gasteiger partial charge in [0, 0.05) is 12.6 Å². The van der Waals surface area contributed by atoms with Gasteiger partial charge in [0.25, 0.3) is 0 Å². The summed E-state index contributed by atoms with van der Waals surface area (Å²) in [7, 11) is 0. The zero-order valence-corrected chi connectivity index (χ0v) is 9.22. The number of amides is 1. The predicted octanol–water partition coefficient (Wildman–Crippen LogP) is 0.544. The van der Waals surface area contributed by atoms with Crippen molar-refractivity contribution in [3.05, 3.63) is 18.3 Å². The molecule has 86 valence electrons. The fourth-order valence-corrected chi connectivity index (χ4v) is 1.72. The zero-order chi connectivity index (χ0) is 11.5. The van der Waals surface area contributed by atoms with E-state index >= 15 is 0 Å². The Morgan fingerprint density at radius 2 is 2.44 bits per heavy atom. The minimum atomic E-state index is -0.369. The van der Waals surface area contributed by atoms with Crippen LogP contribution in [0.25, 0.3) is 0 Å². The van der Waals surface area contributed by atoms with Crippen molar-refractivity contribution in [2.75, 3.05) is 18.1 Å². The van der Waals surface area contributed by atoms with Gasteiger partial charge in [0.05, 0.1) is 24.5 Å². The van der Waals surface area contributed by atoms with Crippen LogP contribution in [0.3, 0.4) is 0 Å². The maximum Gasteiger partial charge on any atom is 0.244 e. The van der Waals surface area contributed by atoms with Gasteiger partial charge in [-0.2, -0.15) is 0 Å². The van der Waals surface area contributed by atoms with Gasteiger partial charge < -0.3 is 15.4 Å². The lowest BCUT2D eigenvalue weighted by Gasteiger charge is -2.15. The van der Waals surface area contributed by atoms with Gasteiger partial charge in [0.1, 0.15) is 0 Å². The predicted molar refractivity (Wildman–Crippen MR) is 60.4 cm³/mol. The van der Waals surface area contributed by atoms with Crippen molar-refractivity contribution in [3.8, 4) is 5.88 Å². The van der Waals surface area contributed by atoms with E-state index in [1.807, 2.05) is 13.0 Å². The summed E-state index contributed by atoms with van der Waals surface area (Å²) in [4.78, 5) is 17.4. The average Bonchev–Trinajstić information content (AvgIpc) is 2.62. The van der Waals surface area contributed by atoms with E-state index in [4.69, 9.17) is 10.5 Å². The third kappa shape index (κ3) is 1.99. The maximum absolute atomic E-state index is 11.7. The van der Waals surface area contributed by atoms with E-state index in [1.165, 1.54) is 0 Å². The number of aromatic nitrogens is 1. The summed E-state index contributed by atoms with van der Waals surface area (Å²) in [6.07, 6.45) is 2.34. The summed E-state index contributed by atoms with van der Waals surface area (Å²) in [6.45, 7) is 3.15. The molecule has 1 aromatic rings. The monoisotopic (exact) mass is 221 g/mol. The Bertz CT molecular complexity index is 377. The first-order valence-corrected chi connectivity index (χ1v) is 5.38. The minimum absolute atomic E-state index is 0.0361. The number of hydrogen-bond acceptors (Lipinski definition) is 4. The van der Waals surface area contributed by atoms with Crippen LogP contribution >= 0.6 is 0 Å². The second-order valence-electron chi connectivity index (χ2n) is 3.67. The summed E-state index contributed by atoms with van der Waals surface area (Å²) >= 11 is 0. The smallest absolute Gasteiger partial charge is 0.244 e. The molecule has 1 amide bonds. The molecule has 1 saturated heterocycles. The number of nitrogens with zero attached hydrogens (tertiary/aromatic N) is 2. The lowest BCUT2D eigenvalue weighted by atomic mass is 10.3. The average molecular weight is 221 g/mol. The summed E-state index contributed by atoms with van der Waals surface area (Å²) in [5.41, 5.74) is 6.43. The highest BCUT2D eigenvalue weighted by Gasteiger charge is 2.29. The van der Waals surface area contributed by atoms with Crippen LogP contribution in [-0.4, -0.2) is 30.1 Å². The lowest BCUT2D eigenvalue weighted by molar-refractivity contribution is -0.118. The fraction of sp³-hybridized carbons (Fsp3) is 0.455. The number of ether oxygens (including phenoxy) is 1. The molecule has 0 saturated carbocycles. The van der Waals surface area contributed by atoms with Gasteiger partial charge in [-0.05, 0) is 19.4 Å². The van der Waals surface area contributed by atoms with Crippen molar-refractivity contribution >= 4 is 11.6 Å². The molecule has 1 aliphatic rings. The summed E-state index contributed by atoms with van der Waals surface area (Å²) in [6, 6.07) is 3.22. The van der Waals surface area contributed by atoms with Gasteiger partial charge in [0.2, 0.25) is 11.8 Å². The van der Waals surface area contributed by atoms with Crippen LogP contribution in [0.5, 0.6) is 5.88 Å². The van der Waals surface area contributed by atoms with Crippen molar-refractivity contribution < 1.29 is 9.53 Å². The maximum atomic E-state index is 11.7. The third-order valence-corrected chi connectivity index (χ3v) is 2.57. The van der Waals surface area contributed by atoms with Crippen molar-refractivity contribution in [2.24, 2.45) is 5.73 Å². The van der Waals surface area contributed by atoms with Crippen molar-refractivity contribution in [3.63, 3.8) is 0 Å². The van der Waals surface area contributed by atoms with Crippen LogP contribution in [0.15, 0.2) is 18.3 Å². The molecule has 1 atom stereocenters. The molecule has 5 nitrogen and oxygen atoms in total. The largest absolute Gasteiger partial charge is 0.478 e. The second kappa shape index (κ2) is 4.49. The molecule has 1 fully saturated rings. The Kier molecular flexibility index (Phi) is 3.05. The van der Waals surface area contributed by atoms with E-state index < -0.39 is 0 Å². The normalized spacial score (nSPS) is 20.2. The topological polar surface area (TPSA) is 68.5 Å². The van der Waals surface area contributed by atoms with Gasteiger partial charge in [-0.3, -0.25) is 4.79 Å². The van der Waals surface area contributed by atoms with Crippen LogP contribution in [0.1, 0.15) is 13.3 Å². The lowest BCUT2D eigenvalue weighted by Crippen LogP contribution is -2.33. The van der Waals surface area contributed by atoms with E-state index in [1.54, 1.807) is 17.2 Å². The number of nitrogens with two attached hydrogens (primary N) is 1. The van der Waals surface area contributed by atoms with Crippen LogP contribution < -0.4 is 15.4 Å². The Hall–Kier alpha value is -1.62. The van der Waals surface area contributed by atoms with Crippen LogP contribution in [-0.2, 0) is 4.79 Å². The van der Waals surface area contributed by atoms with Gasteiger partial charge in [-0.15, -0.1) is 0 Å². The number of carbonyl (C=O) groups excluding carboxylic acids is 1. The van der Waals surface area contributed by atoms with Crippen LogP contribution in [0, 0.1) is 0 Å². The molecule has 1 unspecified atom stereocenters. The zero-order valence-electron chi connectivity index (χ0n) is 9.22. The molecule has 2 heterocycles. The molecule has 2 N–H and O–H groups in total. The highest BCUT2D eigenvalue weighted by molar-refractivity contribution is 5.99. The van der Waals surface area contributed by atoms with Gasteiger partial charge in [-0.1, -0.05) is 0 Å². The molecule has 1 aromatic heterocycles. The highest BCUT2D eigenvalue weighted by Crippen LogP contribution is 2.21. The Balaban J connectivity index is 2.13. The van der Waals surface area contributed by atoms with E-state index in [0.29, 0.717) is 25.5 Å². The fourth-order valence-electron chi connectivity index (χ4n) is 1.72. The SMILES string of the molecule is CCOc1ccc(N2CCC(N)C2=O)cn1. The molecule has 16 heavy (non-hydrogen) atoms. The number of hydrogen-bond donors (Lipinski definition) is 1. The molecule has 2 rings (SSSR count). The number of carbonyl (C=O) groups is 1. The molecular weight excluding hydrogens is 206 g/mol. The Morgan fingerprint density at radius 3 is 2.94 bits per heavy atom.